The van der Waals surface area contributed by atoms with Gasteiger partial charge in [0.1, 0.15) is 19.3 Å². The summed E-state index contributed by atoms with van der Waals surface area (Å²) < 4.78 is 68.6. The lowest BCUT2D eigenvalue weighted by Gasteiger charge is -2.21. The van der Waals surface area contributed by atoms with Gasteiger partial charge in [-0.1, -0.05) is 306 Å². The summed E-state index contributed by atoms with van der Waals surface area (Å²) in [5, 5.41) is 10.7. The summed E-state index contributed by atoms with van der Waals surface area (Å²) in [6.07, 6.45) is 98.8. The Bertz CT molecular complexity index is 2800. The zero-order chi connectivity index (χ0) is 80.3. The van der Waals surface area contributed by atoms with Crippen LogP contribution < -0.4 is 0 Å². The van der Waals surface area contributed by atoms with Crippen LogP contribution in [0.25, 0.3) is 0 Å². The number of esters is 4. The molecule has 0 amide bonds. The maximum Gasteiger partial charge on any atom is 0.472 e. The van der Waals surface area contributed by atoms with E-state index in [9.17, 15) is 43.2 Å². The molecule has 5 atom stereocenters. The zero-order valence-corrected chi connectivity index (χ0v) is 70.1. The molecule has 110 heavy (non-hydrogen) atoms. The summed E-state index contributed by atoms with van der Waals surface area (Å²) in [4.78, 5) is 73.2. The number of unbranched alkanes of at least 4 members (excludes halogenated alkanes) is 22. The lowest BCUT2D eigenvalue weighted by atomic mass is 10.1. The standard InChI is InChI=1S/C91H148O17P2/c1-5-9-13-17-21-25-29-33-37-40-42-45-49-52-56-60-64-68-72-76-89(94)102-82-87(108-91(96)78-74-70-66-62-58-54-50-46-43-41-38-34-30-26-22-18-14-10-6-2)84-106-110(99,100)104-80-85(92)79-103-109(97,98)105-83-86(107-90(95)77-73-69-65-61-57-53-47-36-32-28-24-20-16-12-8-4)81-101-88(93)75-71-67-63-59-55-51-48-44-39-35-31-27-23-19-15-11-7-3/h9,11-13,15-16,21-28,33-39,42-43,45-47,57,61,69,73,85-87,92H,5-8,10,14,17-20,29-32,40-41,44,48-56,58-60,62-68,70-72,74-84H2,1-4H3,(H,97,98)(H,99,100)/b13-9-,15-11-,16-12-,25-21-,26-22-,27-23-,28-24-,37-33-,38-34-,39-35-,45-42-,46-43-,47-36-,61-57-,73-69-. The van der Waals surface area contributed by atoms with Gasteiger partial charge in [-0.15, -0.1) is 0 Å². The van der Waals surface area contributed by atoms with E-state index in [4.69, 9.17) is 37.0 Å². The molecule has 0 spiro atoms. The maximum absolute atomic E-state index is 13.1. The van der Waals surface area contributed by atoms with Crippen LogP contribution in [-0.4, -0.2) is 96.7 Å². The van der Waals surface area contributed by atoms with Crippen LogP contribution in [0.15, 0.2) is 182 Å². The van der Waals surface area contributed by atoms with Crippen molar-refractivity contribution in [1.82, 2.24) is 0 Å². The number of phosphoric ester groups is 2. The fourth-order valence-electron chi connectivity index (χ4n) is 10.6. The van der Waals surface area contributed by atoms with E-state index in [1.54, 1.807) is 12.2 Å². The molecule has 0 heterocycles. The number of carbonyl (C=O) groups excluding carboxylic acids is 4. The fourth-order valence-corrected chi connectivity index (χ4v) is 12.2. The number of aliphatic hydroxyl groups is 1. The lowest BCUT2D eigenvalue weighted by Crippen LogP contribution is -2.30. The summed E-state index contributed by atoms with van der Waals surface area (Å²) >= 11 is 0. The third-order valence-corrected chi connectivity index (χ3v) is 18.8. The molecular formula is C91H148O17P2. The Morgan fingerprint density at radius 3 is 0.809 bits per heavy atom. The average Bonchev–Trinajstić information content (AvgIpc) is 0.907. The zero-order valence-electron chi connectivity index (χ0n) is 68.4. The van der Waals surface area contributed by atoms with Crippen LogP contribution in [0, 0.1) is 0 Å². The van der Waals surface area contributed by atoms with Crippen molar-refractivity contribution in [2.45, 2.75) is 329 Å². The number of hydrogen-bond donors (Lipinski definition) is 3. The van der Waals surface area contributed by atoms with Crippen LogP contribution in [-0.2, 0) is 65.4 Å². The van der Waals surface area contributed by atoms with E-state index >= 15 is 0 Å². The van der Waals surface area contributed by atoms with E-state index in [1.807, 2.05) is 12.2 Å². The minimum absolute atomic E-state index is 0.0680. The first-order valence-electron chi connectivity index (χ1n) is 42.0. The van der Waals surface area contributed by atoms with Gasteiger partial charge in [0.05, 0.1) is 32.8 Å². The molecule has 624 valence electrons. The highest BCUT2D eigenvalue weighted by Crippen LogP contribution is 2.45. The summed E-state index contributed by atoms with van der Waals surface area (Å²) in [6, 6.07) is 0. The number of allylic oxidation sites excluding steroid dienone is 29. The molecule has 0 saturated carbocycles. The Balaban J connectivity index is 5.48. The number of carbonyl (C=O) groups is 4. The van der Waals surface area contributed by atoms with Gasteiger partial charge in [-0.3, -0.25) is 37.3 Å². The highest BCUT2D eigenvalue weighted by molar-refractivity contribution is 7.47. The summed E-state index contributed by atoms with van der Waals surface area (Å²) in [6.45, 7) is 4.36. The van der Waals surface area contributed by atoms with E-state index in [0.29, 0.717) is 25.7 Å². The third-order valence-electron chi connectivity index (χ3n) is 16.9. The van der Waals surface area contributed by atoms with Crippen LogP contribution in [0.5, 0.6) is 0 Å². The van der Waals surface area contributed by atoms with Gasteiger partial charge in [0.15, 0.2) is 12.2 Å². The van der Waals surface area contributed by atoms with Gasteiger partial charge in [0.25, 0.3) is 0 Å². The van der Waals surface area contributed by atoms with Crippen LogP contribution in [0.1, 0.15) is 310 Å². The molecule has 0 aromatic rings. The molecule has 0 rings (SSSR count). The number of ether oxygens (including phenoxy) is 4. The van der Waals surface area contributed by atoms with Gasteiger partial charge in [0.2, 0.25) is 0 Å². The highest BCUT2D eigenvalue weighted by Gasteiger charge is 2.30. The Labute approximate surface area is 666 Å². The molecule has 0 aliphatic carbocycles. The molecule has 0 aliphatic heterocycles. The van der Waals surface area contributed by atoms with Gasteiger partial charge in [0, 0.05) is 19.3 Å². The SMILES string of the molecule is CC/C=C\C/C=C\C/C=C\C/C=C\C/C=C\CC(=O)OC(COC(=O)CCCCCCCCC/C=C\C/C=C\C/C=C\CC)COP(=O)(O)OCC(O)COP(=O)(O)OCC(COC(=O)CCCCCCCC/C=C\C/C=C\C/C=C\C/C=C\CC)OC(=O)CCCCCCCC/C=C\C/C=C\C/C=C\CCCCC. The summed E-state index contributed by atoms with van der Waals surface area (Å²) in [7, 11) is -10.0. The topological polar surface area (TPSA) is 237 Å². The Kier molecular flexibility index (Phi) is 76.9. The fraction of sp³-hybridized carbons (Fsp3) is 0.626. The predicted octanol–water partition coefficient (Wildman–Crippen LogP) is 25.1. The number of aliphatic hydroxyl groups excluding tert-OH is 1. The molecule has 0 bridgehead atoms. The molecule has 17 nitrogen and oxygen atoms in total. The van der Waals surface area contributed by atoms with Gasteiger partial charge in [-0.05, 0) is 161 Å². The first-order valence-corrected chi connectivity index (χ1v) is 45.0. The summed E-state index contributed by atoms with van der Waals surface area (Å²) in [5.41, 5.74) is 0. The largest absolute Gasteiger partial charge is 0.472 e. The van der Waals surface area contributed by atoms with Crippen molar-refractivity contribution in [2.75, 3.05) is 39.6 Å². The normalized spacial score (nSPS) is 14.7. The molecule has 19 heteroatoms. The second-order valence-corrected chi connectivity index (χ2v) is 30.2. The molecule has 0 aliphatic rings. The smallest absolute Gasteiger partial charge is 0.462 e. The van der Waals surface area contributed by atoms with Crippen molar-refractivity contribution in [3.63, 3.8) is 0 Å². The monoisotopic (exact) mass is 1580 g/mol. The highest BCUT2D eigenvalue weighted by atomic mass is 31.2. The van der Waals surface area contributed by atoms with Gasteiger partial charge < -0.3 is 33.8 Å². The molecule has 5 unspecified atom stereocenters. The number of rotatable bonds is 77. The number of phosphoric acid groups is 2. The van der Waals surface area contributed by atoms with Crippen molar-refractivity contribution in [3.05, 3.63) is 182 Å². The quantitative estimate of drug-likeness (QED) is 0.0169. The van der Waals surface area contributed by atoms with Crippen molar-refractivity contribution in [1.29, 1.82) is 0 Å². The van der Waals surface area contributed by atoms with Crippen molar-refractivity contribution < 1.29 is 80.2 Å². The first-order chi connectivity index (χ1) is 53.7. The van der Waals surface area contributed by atoms with Crippen LogP contribution >= 0.6 is 15.6 Å². The van der Waals surface area contributed by atoms with E-state index in [0.717, 1.165) is 212 Å². The third kappa shape index (κ3) is 80.2. The summed E-state index contributed by atoms with van der Waals surface area (Å²) in [5.74, 6) is -2.37. The second-order valence-electron chi connectivity index (χ2n) is 27.3. The van der Waals surface area contributed by atoms with Crippen LogP contribution in [0.2, 0.25) is 0 Å². The van der Waals surface area contributed by atoms with Crippen molar-refractivity contribution in [2.24, 2.45) is 0 Å². The Morgan fingerprint density at radius 1 is 0.273 bits per heavy atom. The van der Waals surface area contributed by atoms with E-state index < -0.39 is 97.5 Å². The molecule has 0 radical (unpaired) electrons. The Morgan fingerprint density at radius 2 is 0.509 bits per heavy atom. The average molecular weight is 1580 g/mol. The van der Waals surface area contributed by atoms with Gasteiger partial charge >= 0.3 is 39.5 Å². The minimum Gasteiger partial charge on any atom is -0.462 e. The van der Waals surface area contributed by atoms with Crippen molar-refractivity contribution in [3.8, 4) is 0 Å². The van der Waals surface area contributed by atoms with E-state index in [1.165, 1.54) is 19.3 Å². The molecule has 0 saturated heterocycles. The predicted molar refractivity (Wildman–Crippen MR) is 454 cm³/mol. The molecule has 0 fully saturated rings. The maximum atomic E-state index is 13.1. The van der Waals surface area contributed by atoms with E-state index in [-0.39, 0.29) is 25.7 Å². The number of hydrogen-bond acceptors (Lipinski definition) is 15. The van der Waals surface area contributed by atoms with E-state index in [2.05, 4.69) is 186 Å². The van der Waals surface area contributed by atoms with Crippen molar-refractivity contribution >= 4 is 39.5 Å². The second kappa shape index (κ2) is 81.2. The van der Waals surface area contributed by atoms with Crippen LogP contribution in [0.3, 0.4) is 0 Å². The molecule has 0 aromatic heterocycles. The molecular weight excluding hydrogens is 1430 g/mol. The Hall–Kier alpha value is -5.84. The van der Waals surface area contributed by atoms with Gasteiger partial charge in [-0.25, -0.2) is 9.13 Å². The molecule has 3 N–H and O–H groups in total. The lowest BCUT2D eigenvalue weighted by molar-refractivity contribution is -0.161. The van der Waals surface area contributed by atoms with Crippen LogP contribution in [0.4, 0.5) is 0 Å². The first kappa shape index (κ1) is 104. The van der Waals surface area contributed by atoms with Gasteiger partial charge in [-0.2, -0.15) is 0 Å². The molecule has 0 aromatic carbocycles. The minimum atomic E-state index is -5.02.